The van der Waals surface area contributed by atoms with Crippen LogP contribution in [0.15, 0.2) is 18.5 Å². The fourth-order valence-corrected chi connectivity index (χ4v) is 7.51. The van der Waals surface area contributed by atoms with Crippen LogP contribution in [0.1, 0.15) is 41.5 Å². The van der Waals surface area contributed by atoms with Crippen molar-refractivity contribution in [2.45, 2.75) is 51.6 Å². The molecule has 0 amide bonds. The molecule has 108 valence electrons. The molecule has 0 spiro atoms. The predicted molar refractivity (Wildman–Crippen MR) is 77.9 cm³/mol. The summed E-state index contributed by atoms with van der Waals surface area (Å²) in [7, 11) is -1.92. The lowest BCUT2D eigenvalue weighted by Gasteiger charge is -2.44. The van der Waals surface area contributed by atoms with E-state index >= 15 is 4.11 Å². The van der Waals surface area contributed by atoms with Crippen LogP contribution in [0.4, 0.5) is 4.11 Å². The highest BCUT2D eigenvalue weighted by Crippen LogP contribution is 2.52. The first-order valence-electron chi connectivity index (χ1n) is 6.41. The molecule has 0 unspecified atom stereocenters. The Hall–Kier alpha value is -1.10. The quantitative estimate of drug-likeness (QED) is 0.362. The lowest BCUT2D eigenvalue weighted by molar-refractivity contribution is -0.605. The smallest absolute Gasteiger partial charge is 0.292 e. The Bertz CT molecular complexity index is 449. The highest BCUT2D eigenvalue weighted by Gasteiger charge is 2.58. The molecule has 1 aromatic heterocycles. The third-order valence-electron chi connectivity index (χ3n) is 3.56. The molecule has 19 heavy (non-hydrogen) atoms. The minimum absolute atomic E-state index is 0.344. The molecule has 0 radical (unpaired) electrons. The second-order valence-corrected chi connectivity index (χ2v) is 11.8. The third-order valence-corrected chi connectivity index (χ3v) is 8.85. The van der Waals surface area contributed by atoms with Crippen molar-refractivity contribution >= 4 is 13.6 Å². The maximum atomic E-state index is 16.1. The van der Waals surface area contributed by atoms with Gasteiger partial charge in [0, 0.05) is 11.3 Å². The van der Waals surface area contributed by atoms with Gasteiger partial charge in [-0.2, -0.15) is 4.73 Å². The van der Waals surface area contributed by atoms with Crippen molar-refractivity contribution in [3.63, 3.8) is 0 Å². The number of hydrogen-bond acceptors (Lipinski definition) is 2. The van der Waals surface area contributed by atoms with E-state index in [-0.39, 0.29) is 0 Å². The topological polar surface area (TPSA) is 36.2 Å². The number of hydrogen-bond donors (Lipinski definition) is 0. The van der Waals surface area contributed by atoms with Gasteiger partial charge in [-0.1, -0.05) is 41.5 Å². The normalized spacial score (nSPS) is 13.5. The molecule has 0 aliphatic heterocycles. The summed E-state index contributed by atoms with van der Waals surface area (Å²) in [5.41, 5.74) is 0. The Morgan fingerprint density at radius 2 is 1.63 bits per heavy atom. The van der Waals surface area contributed by atoms with E-state index in [0.29, 0.717) is 15.7 Å². The van der Waals surface area contributed by atoms with E-state index in [1.54, 1.807) is 6.07 Å². The second-order valence-electron chi connectivity index (χ2n) is 6.95. The lowest BCUT2D eigenvalue weighted by atomic mass is 10.2. The van der Waals surface area contributed by atoms with E-state index in [9.17, 15) is 5.21 Å². The number of pyridine rings is 1. The van der Waals surface area contributed by atoms with Gasteiger partial charge in [0.15, 0.2) is 11.9 Å². The molecule has 0 fully saturated rings. The lowest BCUT2D eigenvalue weighted by Crippen LogP contribution is -2.58. The molecule has 0 aliphatic rings. The molecule has 0 bridgehead atoms. The number of rotatable bonds is 2. The number of aromatic nitrogens is 1. The molecular formula is C14H24FNO2Si. The van der Waals surface area contributed by atoms with E-state index in [1.807, 2.05) is 41.5 Å². The van der Waals surface area contributed by atoms with Gasteiger partial charge in [0.2, 0.25) is 6.20 Å². The predicted octanol–water partition coefficient (Wildman–Crippen LogP) is 3.05. The number of nitrogens with zero attached hydrogens (tertiary/aromatic N) is 1. The molecule has 0 atom stereocenters. The Morgan fingerprint density at radius 3 is 2.00 bits per heavy atom. The summed E-state index contributed by atoms with van der Waals surface area (Å²) in [4.78, 5) is 0. The Kier molecular flexibility index (Phi) is 4.01. The Labute approximate surface area is 116 Å². The maximum Gasteiger partial charge on any atom is 0.292 e. The van der Waals surface area contributed by atoms with Crippen molar-refractivity contribution in [1.29, 1.82) is 0 Å². The standard InChI is InChI=1S/C14H24FNO2Si/c1-13(2,3)19(15,14(4,5)6)12-8-9-16(17)10-11(12)18-7/h8-10H,1-7H3. The van der Waals surface area contributed by atoms with Crippen LogP contribution in [0, 0.1) is 5.21 Å². The molecule has 0 saturated heterocycles. The van der Waals surface area contributed by atoms with Gasteiger partial charge in [0.25, 0.3) is 8.41 Å². The van der Waals surface area contributed by atoms with Crippen LogP contribution < -0.4 is 14.7 Å². The van der Waals surface area contributed by atoms with Crippen LogP contribution in [-0.4, -0.2) is 15.5 Å². The van der Waals surface area contributed by atoms with Crippen molar-refractivity contribution in [3.8, 4) is 5.75 Å². The van der Waals surface area contributed by atoms with Gasteiger partial charge in [-0.3, -0.25) is 0 Å². The first-order chi connectivity index (χ1) is 8.45. The fourth-order valence-electron chi connectivity index (χ4n) is 2.84. The maximum absolute atomic E-state index is 16.1. The highest BCUT2D eigenvalue weighted by atomic mass is 28.4. The average Bonchev–Trinajstić information content (AvgIpc) is 2.24. The van der Waals surface area contributed by atoms with Crippen LogP contribution in [0.2, 0.25) is 10.1 Å². The molecule has 0 saturated carbocycles. The minimum atomic E-state index is -3.39. The molecule has 3 nitrogen and oxygen atoms in total. The molecule has 0 aromatic carbocycles. The van der Waals surface area contributed by atoms with Crippen molar-refractivity contribution in [1.82, 2.24) is 0 Å². The fraction of sp³-hybridized carbons (Fsp3) is 0.643. The summed E-state index contributed by atoms with van der Waals surface area (Å²) in [6, 6.07) is 1.58. The molecule has 1 rings (SSSR count). The minimum Gasteiger partial charge on any atom is -0.619 e. The number of methoxy groups -OCH3 is 1. The van der Waals surface area contributed by atoms with Gasteiger partial charge >= 0.3 is 0 Å². The highest BCUT2D eigenvalue weighted by molar-refractivity contribution is 6.91. The summed E-state index contributed by atoms with van der Waals surface area (Å²) in [5, 5.41) is 10.9. The zero-order valence-corrected chi connectivity index (χ0v) is 13.9. The van der Waals surface area contributed by atoms with Crippen molar-refractivity contribution in [3.05, 3.63) is 23.7 Å². The van der Waals surface area contributed by atoms with Crippen molar-refractivity contribution < 1.29 is 13.6 Å². The molecule has 0 N–H and O–H groups in total. The molecule has 1 aromatic rings. The van der Waals surface area contributed by atoms with Crippen LogP contribution in [0.5, 0.6) is 5.75 Å². The Balaban J connectivity index is 3.61. The largest absolute Gasteiger partial charge is 0.619 e. The van der Waals surface area contributed by atoms with Gasteiger partial charge in [-0.15, -0.1) is 0 Å². The van der Waals surface area contributed by atoms with E-state index < -0.39 is 18.5 Å². The van der Waals surface area contributed by atoms with E-state index in [4.69, 9.17) is 4.74 Å². The van der Waals surface area contributed by atoms with Gasteiger partial charge < -0.3 is 14.1 Å². The van der Waals surface area contributed by atoms with Crippen molar-refractivity contribution in [2.24, 2.45) is 0 Å². The van der Waals surface area contributed by atoms with E-state index in [1.165, 1.54) is 19.5 Å². The summed E-state index contributed by atoms with van der Waals surface area (Å²) >= 11 is 0. The monoisotopic (exact) mass is 285 g/mol. The molecule has 0 aliphatic carbocycles. The van der Waals surface area contributed by atoms with Crippen LogP contribution in [0.25, 0.3) is 0 Å². The van der Waals surface area contributed by atoms with Gasteiger partial charge in [0.05, 0.1) is 7.11 Å². The van der Waals surface area contributed by atoms with Crippen LogP contribution >= 0.6 is 0 Å². The zero-order valence-electron chi connectivity index (χ0n) is 12.9. The molecule has 5 heteroatoms. The summed E-state index contributed by atoms with van der Waals surface area (Å²) in [6.07, 6.45) is 2.64. The second kappa shape index (κ2) is 4.78. The summed E-state index contributed by atoms with van der Waals surface area (Å²) in [5.74, 6) is 0.344. The summed E-state index contributed by atoms with van der Waals surface area (Å²) < 4.78 is 21.9. The van der Waals surface area contributed by atoms with Gasteiger partial charge in [-0.25, -0.2) is 0 Å². The van der Waals surface area contributed by atoms with E-state index in [0.717, 1.165) is 0 Å². The van der Waals surface area contributed by atoms with E-state index in [2.05, 4.69) is 0 Å². The van der Waals surface area contributed by atoms with Crippen molar-refractivity contribution in [2.75, 3.05) is 7.11 Å². The first kappa shape index (κ1) is 16.0. The average molecular weight is 285 g/mol. The van der Waals surface area contributed by atoms with Crippen LogP contribution in [0.3, 0.4) is 0 Å². The number of halogens is 1. The molecule has 1 heterocycles. The SMILES string of the molecule is COc1c[n+]([O-])ccc1[Si](F)(C(C)(C)C)C(C)(C)C. The van der Waals surface area contributed by atoms with Gasteiger partial charge in [-0.05, 0) is 10.1 Å². The summed E-state index contributed by atoms with van der Waals surface area (Å²) in [6.45, 7) is 11.5. The van der Waals surface area contributed by atoms with Gasteiger partial charge in [0.1, 0.15) is 0 Å². The number of ether oxygens (including phenoxy) is 1. The first-order valence-corrected chi connectivity index (χ1v) is 8.29. The molecular weight excluding hydrogens is 261 g/mol. The Morgan fingerprint density at radius 1 is 1.16 bits per heavy atom. The third kappa shape index (κ3) is 2.61. The van der Waals surface area contributed by atoms with Crippen LogP contribution in [-0.2, 0) is 0 Å². The zero-order chi connectivity index (χ0) is 15.1.